The number of aliphatic carboxylic acids is 2. The van der Waals surface area contributed by atoms with Gasteiger partial charge in [0.2, 0.25) is 0 Å². The number of carboxylic acid groups (broad SMARTS) is 2. The zero-order valence-corrected chi connectivity index (χ0v) is 17.2. The molecule has 0 rings (SSSR count). The van der Waals surface area contributed by atoms with E-state index in [1.165, 1.54) is 77.0 Å². The highest BCUT2D eigenvalue weighted by molar-refractivity contribution is 5.98. The van der Waals surface area contributed by atoms with Gasteiger partial charge in [-0.2, -0.15) is 0 Å². The summed E-state index contributed by atoms with van der Waals surface area (Å²) >= 11 is 0. The molecule has 26 heavy (non-hydrogen) atoms. The second kappa shape index (κ2) is 16.1. The molecule has 0 saturated carbocycles. The van der Waals surface area contributed by atoms with E-state index in [4.69, 9.17) is 0 Å². The van der Waals surface area contributed by atoms with Gasteiger partial charge in [0.15, 0.2) is 5.41 Å². The highest BCUT2D eigenvalue weighted by Gasteiger charge is 2.44. The lowest BCUT2D eigenvalue weighted by Gasteiger charge is -2.22. The van der Waals surface area contributed by atoms with Crippen LogP contribution < -0.4 is 0 Å². The molecule has 0 aliphatic rings. The standard InChI is InChI=1S/C22H42O4/c1-3-5-6-7-8-9-10-11-12-13-14-15-16-17-18-19-22(4-2,20(23)24)21(25)26/h3-19H2,1-2H3,(H,23,24)(H,25,26). The Kier molecular flexibility index (Phi) is 15.5. The molecule has 0 saturated heterocycles. The molecule has 0 atom stereocenters. The lowest BCUT2D eigenvalue weighted by molar-refractivity contribution is -0.165. The average molecular weight is 371 g/mol. The fourth-order valence-electron chi connectivity index (χ4n) is 3.58. The zero-order valence-electron chi connectivity index (χ0n) is 17.2. The summed E-state index contributed by atoms with van der Waals surface area (Å²) in [5, 5.41) is 18.5. The molecule has 0 aliphatic carbocycles. The van der Waals surface area contributed by atoms with Crippen molar-refractivity contribution in [1.82, 2.24) is 0 Å². The van der Waals surface area contributed by atoms with Crippen molar-refractivity contribution in [3.05, 3.63) is 0 Å². The molecule has 0 fully saturated rings. The monoisotopic (exact) mass is 370 g/mol. The molecular formula is C22H42O4. The van der Waals surface area contributed by atoms with Crippen molar-refractivity contribution >= 4 is 11.9 Å². The lowest BCUT2D eigenvalue weighted by Crippen LogP contribution is -2.38. The van der Waals surface area contributed by atoms with E-state index in [2.05, 4.69) is 6.92 Å². The Morgan fingerprint density at radius 2 is 0.885 bits per heavy atom. The van der Waals surface area contributed by atoms with Crippen LogP contribution in [0.25, 0.3) is 0 Å². The van der Waals surface area contributed by atoms with Gasteiger partial charge in [-0.25, -0.2) is 0 Å². The second-order valence-corrected chi connectivity index (χ2v) is 7.75. The predicted octanol–water partition coefficient (Wildman–Crippen LogP) is 6.81. The van der Waals surface area contributed by atoms with Gasteiger partial charge >= 0.3 is 11.9 Å². The summed E-state index contributed by atoms with van der Waals surface area (Å²) in [7, 11) is 0. The number of hydrogen-bond donors (Lipinski definition) is 2. The largest absolute Gasteiger partial charge is 0.480 e. The third-order valence-corrected chi connectivity index (χ3v) is 5.63. The van der Waals surface area contributed by atoms with Crippen LogP contribution in [0.3, 0.4) is 0 Å². The van der Waals surface area contributed by atoms with Gasteiger partial charge in [-0.15, -0.1) is 0 Å². The van der Waals surface area contributed by atoms with Crippen molar-refractivity contribution in [2.24, 2.45) is 5.41 Å². The first-order valence-electron chi connectivity index (χ1n) is 11.0. The third kappa shape index (κ3) is 10.8. The first kappa shape index (κ1) is 24.9. The van der Waals surface area contributed by atoms with Crippen LogP contribution in [0, 0.1) is 5.41 Å². The molecule has 0 spiro atoms. The minimum Gasteiger partial charge on any atom is -0.480 e. The smallest absolute Gasteiger partial charge is 0.321 e. The first-order chi connectivity index (χ1) is 12.5. The van der Waals surface area contributed by atoms with Gasteiger partial charge in [0.25, 0.3) is 0 Å². The molecule has 4 nitrogen and oxygen atoms in total. The molecule has 0 aromatic heterocycles. The van der Waals surface area contributed by atoms with Crippen LogP contribution in [0.5, 0.6) is 0 Å². The number of carbonyl (C=O) groups is 2. The number of hydrogen-bond acceptors (Lipinski definition) is 2. The summed E-state index contributed by atoms with van der Waals surface area (Å²) in [6, 6.07) is 0. The maximum atomic E-state index is 11.3. The van der Waals surface area contributed by atoms with Crippen LogP contribution in [-0.2, 0) is 9.59 Å². The van der Waals surface area contributed by atoms with E-state index in [9.17, 15) is 19.8 Å². The van der Waals surface area contributed by atoms with Crippen molar-refractivity contribution in [2.45, 2.75) is 123 Å². The third-order valence-electron chi connectivity index (χ3n) is 5.63. The molecule has 0 aromatic rings. The first-order valence-corrected chi connectivity index (χ1v) is 11.0. The molecule has 154 valence electrons. The maximum Gasteiger partial charge on any atom is 0.321 e. The Balaban J connectivity index is 3.48. The van der Waals surface area contributed by atoms with Gasteiger partial charge in [0.05, 0.1) is 0 Å². The summed E-state index contributed by atoms with van der Waals surface area (Å²) in [4.78, 5) is 22.6. The molecule has 0 radical (unpaired) electrons. The summed E-state index contributed by atoms with van der Waals surface area (Å²) < 4.78 is 0. The van der Waals surface area contributed by atoms with E-state index < -0.39 is 17.4 Å². The molecular weight excluding hydrogens is 328 g/mol. The van der Waals surface area contributed by atoms with E-state index in [1.807, 2.05) is 0 Å². The van der Waals surface area contributed by atoms with Gasteiger partial charge in [-0.05, 0) is 12.8 Å². The Bertz CT molecular complexity index is 351. The zero-order chi connectivity index (χ0) is 19.7. The minimum absolute atomic E-state index is 0.149. The van der Waals surface area contributed by atoms with Gasteiger partial charge in [0, 0.05) is 0 Å². The van der Waals surface area contributed by atoms with Crippen molar-refractivity contribution < 1.29 is 19.8 Å². The molecule has 0 heterocycles. The normalized spacial score (nSPS) is 11.6. The highest BCUT2D eigenvalue weighted by Crippen LogP contribution is 2.30. The molecule has 0 bridgehead atoms. The summed E-state index contributed by atoms with van der Waals surface area (Å²) in [5.41, 5.74) is -1.59. The number of carboxylic acids is 2. The van der Waals surface area contributed by atoms with Gasteiger partial charge < -0.3 is 10.2 Å². The Morgan fingerprint density at radius 1 is 0.577 bits per heavy atom. The van der Waals surface area contributed by atoms with Crippen molar-refractivity contribution in [3.8, 4) is 0 Å². The van der Waals surface area contributed by atoms with Gasteiger partial charge in [-0.3, -0.25) is 9.59 Å². The maximum absolute atomic E-state index is 11.3. The Morgan fingerprint density at radius 3 is 1.15 bits per heavy atom. The second-order valence-electron chi connectivity index (χ2n) is 7.75. The molecule has 0 aromatic carbocycles. The Labute approximate surface area is 160 Å². The lowest BCUT2D eigenvalue weighted by atomic mass is 9.80. The van der Waals surface area contributed by atoms with Gasteiger partial charge in [0.1, 0.15) is 0 Å². The molecule has 0 unspecified atom stereocenters. The molecule has 0 aliphatic heterocycles. The summed E-state index contributed by atoms with van der Waals surface area (Å²) in [6.45, 7) is 3.90. The van der Waals surface area contributed by atoms with E-state index in [-0.39, 0.29) is 12.8 Å². The SMILES string of the molecule is CCCCCCCCCCCCCCCCCC(CC)(C(=O)O)C(=O)O. The van der Waals surface area contributed by atoms with Crippen molar-refractivity contribution in [1.29, 1.82) is 0 Å². The summed E-state index contributed by atoms with van der Waals surface area (Å²) in [6.07, 6.45) is 19.1. The molecule has 2 N–H and O–H groups in total. The van der Waals surface area contributed by atoms with Crippen LogP contribution >= 0.6 is 0 Å². The molecule has 0 amide bonds. The van der Waals surface area contributed by atoms with Crippen LogP contribution in [-0.4, -0.2) is 22.2 Å². The molecule has 4 heteroatoms. The van der Waals surface area contributed by atoms with E-state index in [0.717, 1.165) is 12.8 Å². The van der Waals surface area contributed by atoms with Crippen LogP contribution in [0.2, 0.25) is 0 Å². The van der Waals surface area contributed by atoms with E-state index >= 15 is 0 Å². The fourth-order valence-corrected chi connectivity index (χ4v) is 3.58. The highest BCUT2D eigenvalue weighted by atomic mass is 16.4. The summed E-state index contributed by atoms with van der Waals surface area (Å²) in [5.74, 6) is -2.39. The minimum atomic E-state index is -1.59. The topological polar surface area (TPSA) is 74.6 Å². The van der Waals surface area contributed by atoms with E-state index in [1.54, 1.807) is 6.92 Å². The van der Waals surface area contributed by atoms with Crippen LogP contribution in [0.4, 0.5) is 0 Å². The van der Waals surface area contributed by atoms with Gasteiger partial charge in [-0.1, -0.05) is 110 Å². The quantitative estimate of drug-likeness (QED) is 0.193. The predicted molar refractivity (Wildman–Crippen MR) is 108 cm³/mol. The van der Waals surface area contributed by atoms with Crippen LogP contribution in [0.1, 0.15) is 123 Å². The van der Waals surface area contributed by atoms with Crippen molar-refractivity contribution in [3.63, 3.8) is 0 Å². The Hall–Kier alpha value is -1.06. The fraction of sp³-hybridized carbons (Fsp3) is 0.909. The number of rotatable bonds is 19. The van der Waals surface area contributed by atoms with E-state index in [0.29, 0.717) is 6.42 Å². The van der Waals surface area contributed by atoms with Crippen molar-refractivity contribution in [2.75, 3.05) is 0 Å². The average Bonchev–Trinajstić information content (AvgIpc) is 2.61. The number of unbranched alkanes of at least 4 members (excludes halogenated alkanes) is 14. The van der Waals surface area contributed by atoms with Crippen LogP contribution in [0.15, 0.2) is 0 Å².